The van der Waals surface area contributed by atoms with Gasteiger partial charge in [-0.1, -0.05) is 0 Å². The van der Waals surface area contributed by atoms with Gasteiger partial charge in [0.05, 0.1) is 11.7 Å². The Bertz CT molecular complexity index is 760. The van der Waals surface area contributed by atoms with E-state index >= 15 is 0 Å². The van der Waals surface area contributed by atoms with Crippen LogP contribution < -0.4 is 5.32 Å². The van der Waals surface area contributed by atoms with Gasteiger partial charge in [-0.15, -0.1) is 0 Å². The zero-order valence-electron chi connectivity index (χ0n) is 16.4. The van der Waals surface area contributed by atoms with Crippen LogP contribution >= 0.6 is 0 Å². The highest BCUT2D eigenvalue weighted by molar-refractivity contribution is 5.93. The Balaban J connectivity index is 0.000000396. The van der Waals surface area contributed by atoms with Gasteiger partial charge in [0.25, 0.3) is 5.91 Å². The molecule has 3 heterocycles. The number of aliphatic carboxylic acids is 1. The molecule has 11 heteroatoms. The molecule has 2 fully saturated rings. The summed E-state index contributed by atoms with van der Waals surface area (Å²) in [6.45, 7) is 3.56. The smallest absolute Gasteiger partial charge is 0.475 e. The molecule has 2 aliphatic rings. The SMILES string of the molecule is CC(=O)N1CC[C@]2(CCC[C@H](CNC(=O)c3ccncc3)O2)C1.O=C(O)C(F)(F)F. The maximum Gasteiger partial charge on any atom is 0.490 e. The molecule has 0 radical (unpaired) electrons. The van der Waals surface area contributed by atoms with Crippen molar-refractivity contribution in [2.45, 2.75) is 50.5 Å². The van der Waals surface area contributed by atoms with Crippen LogP contribution in [0.5, 0.6) is 0 Å². The zero-order valence-corrected chi connectivity index (χ0v) is 16.4. The average molecular weight is 431 g/mol. The summed E-state index contributed by atoms with van der Waals surface area (Å²) in [6, 6.07) is 3.39. The van der Waals surface area contributed by atoms with Crippen LogP contribution in [0.15, 0.2) is 24.5 Å². The number of carboxylic acid groups (broad SMARTS) is 1. The van der Waals surface area contributed by atoms with Crippen LogP contribution in [0.1, 0.15) is 43.0 Å². The number of alkyl halides is 3. The molecular formula is C19H24F3N3O5. The van der Waals surface area contributed by atoms with Crippen LogP contribution in [0, 0.1) is 0 Å². The fraction of sp³-hybridized carbons (Fsp3) is 0.579. The minimum Gasteiger partial charge on any atom is -0.475 e. The summed E-state index contributed by atoms with van der Waals surface area (Å²) >= 11 is 0. The van der Waals surface area contributed by atoms with E-state index in [0.717, 1.165) is 32.2 Å². The molecule has 1 aromatic heterocycles. The molecular weight excluding hydrogens is 407 g/mol. The van der Waals surface area contributed by atoms with Crippen molar-refractivity contribution in [1.82, 2.24) is 15.2 Å². The van der Waals surface area contributed by atoms with Gasteiger partial charge in [-0.25, -0.2) is 4.79 Å². The van der Waals surface area contributed by atoms with E-state index in [2.05, 4.69) is 10.3 Å². The summed E-state index contributed by atoms with van der Waals surface area (Å²) in [6.07, 6.45) is 2.04. The molecule has 3 rings (SSSR count). The number of carbonyl (C=O) groups excluding carboxylic acids is 2. The first-order valence-corrected chi connectivity index (χ1v) is 9.44. The molecule has 0 bridgehead atoms. The molecule has 1 aromatic rings. The number of hydrogen-bond acceptors (Lipinski definition) is 5. The summed E-state index contributed by atoms with van der Waals surface area (Å²) in [5, 5.41) is 10.1. The summed E-state index contributed by atoms with van der Waals surface area (Å²) in [5.41, 5.74) is 0.393. The van der Waals surface area contributed by atoms with Gasteiger partial charge in [0.15, 0.2) is 0 Å². The maximum absolute atomic E-state index is 12.1. The van der Waals surface area contributed by atoms with Crippen LogP contribution in [0.3, 0.4) is 0 Å². The van der Waals surface area contributed by atoms with Crippen LogP contribution in [-0.4, -0.2) is 70.3 Å². The number of rotatable bonds is 3. The second kappa shape index (κ2) is 9.88. The number of halogens is 3. The third-order valence-corrected chi connectivity index (χ3v) is 5.01. The first-order valence-electron chi connectivity index (χ1n) is 9.44. The monoisotopic (exact) mass is 431 g/mol. The van der Waals surface area contributed by atoms with Crippen molar-refractivity contribution < 1.29 is 37.4 Å². The van der Waals surface area contributed by atoms with Gasteiger partial charge in [0, 0.05) is 44.5 Å². The number of aromatic nitrogens is 1. The van der Waals surface area contributed by atoms with Gasteiger partial charge in [0.2, 0.25) is 5.91 Å². The Morgan fingerprint density at radius 1 is 1.30 bits per heavy atom. The lowest BCUT2D eigenvalue weighted by molar-refractivity contribution is -0.192. The highest BCUT2D eigenvalue weighted by Gasteiger charge is 2.43. The van der Waals surface area contributed by atoms with Crippen molar-refractivity contribution >= 4 is 17.8 Å². The van der Waals surface area contributed by atoms with E-state index in [1.54, 1.807) is 31.5 Å². The first-order chi connectivity index (χ1) is 14.0. The fourth-order valence-electron chi connectivity index (χ4n) is 3.49. The van der Waals surface area contributed by atoms with Crippen molar-refractivity contribution in [2.24, 2.45) is 0 Å². The van der Waals surface area contributed by atoms with Gasteiger partial charge >= 0.3 is 12.1 Å². The van der Waals surface area contributed by atoms with Gasteiger partial charge in [-0.2, -0.15) is 13.2 Å². The highest BCUT2D eigenvalue weighted by atomic mass is 19.4. The minimum atomic E-state index is -5.08. The molecule has 30 heavy (non-hydrogen) atoms. The average Bonchev–Trinajstić information content (AvgIpc) is 3.10. The lowest BCUT2D eigenvalue weighted by atomic mass is 9.90. The molecule has 0 aliphatic carbocycles. The van der Waals surface area contributed by atoms with Crippen LogP contribution in [0.25, 0.3) is 0 Å². The summed E-state index contributed by atoms with van der Waals surface area (Å²) < 4.78 is 38.0. The number of pyridine rings is 1. The third-order valence-electron chi connectivity index (χ3n) is 5.01. The lowest BCUT2D eigenvalue weighted by Crippen LogP contribution is -2.47. The Labute approximate surface area is 171 Å². The van der Waals surface area contributed by atoms with E-state index in [9.17, 15) is 22.8 Å². The molecule has 2 aliphatic heterocycles. The molecule has 0 saturated carbocycles. The standard InChI is InChI=1S/C17H23N3O3.C2HF3O2/c1-13(21)20-10-7-17(12-20)6-2-3-15(23-17)11-19-16(22)14-4-8-18-9-5-14;3-2(4,5)1(6)7/h4-5,8-9,15H,2-3,6-7,10-12H2,1H3,(H,19,22);(H,6,7)/t15-,17-;/m1./s1. The molecule has 0 unspecified atom stereocenters. The second-order valence-corrected chi connectivity index (χ2v) is 7.25. The number of nitrogens with zero attached hydrogens (tertiary/aromatic N) is 2. The predicted molar refractivity (Wildman–Crippen MR) is 98.6 cm³/mol. The number of carbonyl (C=O) groups is 3. The normalized spacial score (nSPS) is 23.5. The van der Waals surface area contributed by atoms with E-state index in [4.69, 9.17) is 14.6 Å². The van der Waals surface area contributed by atoms with E-state index in [1.807, 2.05) is 4.90 Å². The summed E-state index contributed by atoms with van der Waals surface area (Å²) in [7, 11) is 0. The quantitative estimate of drug-likeness (QED) is 0.758. The number of carboxylic acids is 1. The molecule has 166 valence electrons. The second-order valence-electron chi connectivity index (χ2n) is 7.25. The van der Waals surface area contributed by atoms with E-state index in [0.29, 0.717) is 18.7 Å². The van der Waals surface area contributed by atoms with E-state index in [-0.39, 0.29) is 23.5 Å². The molecule has 2 amide bonds. The van der Waals surface area contributed by atoms with Crippen LogP contribution in [-0.2, 0) is 14.3 Å². The third kappa shape index (κ3) is 6.68. The summed E-state index contributed by atoms with van der Waals surface area (Å²) in [5.74, 6) is -2.75. The molecule has 0 aromatic carbocycles. The van der Waals surface area contributed by atoms with Crippen molar-refractivity contribution in [1.29, 1.82) is 0 Å². The van der Waals surface area contributed by atoms with E-state index in [1.165, 1.54) is 0 Å². The summed E-state index contributed by atoms with van der Waals surface area (Å²) in [4.78, 5) is 38.3. The Morgan fingerprint density at radius 3 is 2.47 bits per heavy atom. The Kier molecular flexibility index (Phi) is 7.77. The van der Waals surface area contributed by atoms with Crippen molar-refractivity contribution in [3.63, 3.8) is 0 Å². The molecule has 2 saturated heterocycles. The topological polar surface area (TPSA) is 109 Å². The van der Waals surface area contributed by atoms with Crippen LogP contribution in [0.4, 0.5) is 13.2 Å². The molecule has 2 N–H and O–H groups in total. The first kappa shape index (κ1) is 23.6. The fourth-order valence-corrected chi connectivity index (χ4v) is 3.49. The predicted octanol–water partition coefficient (Wildman–Crippen LogP) is 2.00. The Morgan fingerprint density at radius 2 is 1.93 bits per heavy atom. The number of likely N-dealkylation sites (tertiary alicyclic amines) is 1. The number of nitrogens with one attached hydrogen (secondary N) is 1. The minimum absolute atomic E-state index is 0.0152. The number of amides is 2. The lowest BCUT2D eigenvalue weighted by Gasteiger charge is -2.38. The number of ether oxygens (including phenoxy) is 1. The molecule has 2 atom stereocenters. The maximum atomic E-state index is 12.1. The van der Waals surface area contributed by atoms with Gasteiger partial charge in [-0.3, -0.25) is 14.6 Å². The van der Waals surface area contributed by atoms with Crippen molar-refractivity contribution in [3.05, 3.63) is 30.1 Å². The number of hydrogen-bond donors (Lipinski definition) is 2. The largest absolute Gasteiger partial charge is 0.490 e. The van der Waals surface area contributed by atoms with E-state index < -0.39 is 12.1 Å². The molecule has 8 nitrogen and oxygen atoms in total. The van der Waals surface area contributed by atoms with Gasteiger partial charge < -0.3 is 20.1 Å². The van der Waals surface area contributed by atoms with Crippen molar-refractivity contribution in [3.8, 4) is 0 Å². The molecule has 1 spiro atoms. The zero-order chi connectivity index (χ0) is 22.4. The highest BCUT2D eigenvalue weighted by Crippen LogP contribution is 2.36. The van der Waals surface area contributed by atoms with Crippen LogP contribution in [0.2, 0.25) is 0 Å². The van der Waals surface area contributed by atoms with Crippen molar-refractivity contribution in [2.75, 3.05) is 19.6 Å². The van der Waals surface area contributed by atoms with Gasteiger partial charge in [0.1, 0.15) is 0 Å². The van der Waals surface area contributed by atoms with Gasteiger partial charge in [-0.05, 0) is 37.8 Å². The Hall–Kier alpha value is -2.69.